The van der Waals surface area contributed by atoms with E-state index in [-0.39, 0.29) is 28.8 Å². The smallest absolute Gasteiger partial charge is 0.295 e. The van der Waals surface area contributed by atoms with Crippen LogP contribution in [-0.2, 0) is 0 Å². The fraction of sp³-hybridized carbons (Fsp3) is 0.286. The molecule has 0 aliphatic carbocycles. The van der Waals surface area contributed by atoms with Crippen molar-refractivity contribution < 1.29 is 14.5 Å². The molecule has 1 aliphatic heterocycles. The first kappa shape index (κ1) is 19.6. The first-order valence-corrected chi connectivity index (χ1v) is 9.72. The van der Waals surface area contributed by atoms with E-state index >= 15 is 0 Å². The first-order chi connectivity index (χ1) is 14.6. The number of para-hydroxylation sites is 1. The summed E-state index contributed by atoms with van der Waals surface area (Å²) in [4.78, 5) is 29.6. The molecule has 9 heteroatoms. The Bertz CT molecular complexity index is 1020. The van der Waals surface area contributed by atoms with Crippen LogP contribution in [0.3, 0.4) is 0 Å². The molecule has 0 N–H and O–H groups in total. The third kappa shape index (κ3) is 4.29. The Kier molecular flexibility index (Phi) is 5.69. The molecule has 3 aromatic rings. The minimum absolute atomic E-state index is 0.188. The molecule has 0 bridgehead atoms. The lowest BCUT2D eigenvalue weighted by Gasteiger charge is -2.32. The third-order valence-corrected chi connectivity index (χ3v) is 5.12. The van der Waals surface area contributed by atoms with Crippen LogP contribution >= 0.6 is 0 Å². The third-order valence-electron chi connectivity index (χ3n) is 5.12. The number of aromatic nitrogens is 3. The maximum atomic E-state index is 13.0. The fourth-order valence-corrected chi connectivity index (χ4v) is 3.63. The highest BCUT2D eigenvalue weighted by atomic mass is 16.6. The number of nitrogens with zero attached hydrogens (tertiary/aromatic N) is 5. The number of rotatable bonds is 6. The Labute approximate surface area is 173 Å². The Morgan fingerprint density at radius 3 is 2.80 bits per heavy atom. The second-order valence-electron chi connectivity index (χ2n) is 7.18. The molecule has 2 aromatic carbocycles. The molecule has 154 valence electrons. The van der Waals surface area contributed by atoms with E-state index < -0.39 is 4.92 Å². The van der Waals surface area contributed by atoms with E-state index in [9.17, 15) is 14.9 Å². The number of ether oxygens (including phenoxy) is 1. The monoisotopic (exact) mass is 407 g/mol. The van der Waals surface area contributed by atoms with Gasteiger partial charge in [0.15, 0.2) is 0 Å². The lowest BCUT2D eigenvalue weighted by atomic mass is 9.98. The van der Waals surface area contributed by atoms with Crippen LogP contribution in [0, 0.1) is 16.0 Å². The number of carbonyl (C=O) groups excluding carboxylic acids is 1. The average molecular weight is 407 g/mol. The van der Waals surface area contributed by atoms with Gasteiger partial charge in [-0.3, -0.25) is 14.9 Å². The lowest BCUT2D eigenvalue weighted by Crippen LogP contribution is -2.41. The summed E-state index contributed by atoms with van der Waals surface area (Å²) in [6.07, 6.45) is 4.52. The van der Waals surface area contributed by atoms with Crippen molar-refractivity contribution in [3.8, 4) is 11.4 Å². The van der Waals surface area contributed by atoms with Crippen LogP contribution in [0.4, 0.5) is 5.69 Å². The highest BCUT2D eigenvalue weighted by molar-refractivity contribution is 5.95. The number of hydrogen-bond acceptors (Lipinski definition) is 6. The van der Waals surface area contributed by atoms with Gasteiger partial charge in [-0.15, -0.1) is 0 Å². The van der Waals surface area contributed by atoms with Gasteiger partial charge in [-0.05, 0) is 37.1 Å². The molecule has 1 aromatic heterocycles. The predicted molar refractivity (Wildman–Crippen MR) is 109 cm³/mol. The zero-order valence-electron chi connectivity index (χ0n) is 16.3. The van der Waals surface area contributed by atoms with Gasteiger partial charge in [-0.1, -0.05) is 18.2 Å². The van der Waals surface area contributed by atoms with Crippen molar-refractivity contribution in [3.63, 3.8) is 0 Å². The van der Waals surface area contributed by atoms with Gasteiger partial charge >= 0.3 is 0 Å². The standard InChI is InChI=1S/C21H21N5O4/c27-21(17-8-9-19(20(11-17)26(28)29)25-15-22-14-23-25)24-10-4-5-16(12-24)13-30-18-6-2-1-3-7-18/h1-3,6-9,11,14-16H,4-5,10,12-13H2. The van der Waals surface area contributed by atoms with Crippen LogP contribution in [0.25, 0.3) is 5.69 Å². The van der Waals surface area contributed by atoms with Crippen molar-refractivity contribution >= 4 is 11.6 Å². The summed E-state index contributed by atoms with van der Waals surface area (Å²) in [5.74, 6) is 0.806. The largest absolute Gasteiger partial charge is 0.493 e. The summed E-state index contributed by atoms with van der Waals surface area (Å²) < 4.78 is 7.15. The van der Waals surface area contributed by atoms with Gasteiger partial charge in [0.2, 0.25) is 0 Å². The molecule has 30 heavy (non-hydrogen) atoms. The number of carbonyl (C=O) groups is 1. The highest BCUT2D eigenvalue weighted by Crippen LogP contribution is 2.26. The van der Waals surface area contributed by atoms with Crippen LogP contribution in [-0.4, -0.2) is 50.2 Å². The van der Waals surface area contributed by atoms with Crippen LogP contribution in [0.5, 0.6) is 5.75 Å². The summed E-state index contributed by atoms with van der Waals surface area (Å²) in [6, 6.07) is 14.0. The van der Waals surface area contributed by atoms with Crippen LogP contribution in [0.1, 0.15) is 23.2 Å². The lowest BCUT2D eigenvalue weighted by molar-refractivity contribution is -0.384. The van der Waals surface area contributed by atoms with Crippen molar-refractivity contribution in [1.82, 2.24) is 19.7 Å². The Balaban J connectivity index is 1.47. The maximum absolute atomic E-state index is 13.0. The molecular formula is C21H21N5O4. The normalized spacial score (nSPS) is 16.3. The van der Waals surface area contributed by atoms with Gasteiger partial charge in [0, 0.05) is 30.6 Å². The quantitative estimate of drug-likeness (QED) is 0.459. The van der Waals surface area contributed by atoms with E-state index in [0.29, 0.717) is 19.7 Å². The van der Waals surface area contributed by atoms with Crippen molar-refractivity contribution in [1.29, 1.82) is 0 Å². The SMILES string of the molecule is O=C(c1ccc(-n2cncn2)c([N+](=O)[O-])c1)N1CCCC(COc2ccccc2)C1. The predicted octanol–water partition coefficient (Wildman–Crippen LogP) is 3.11. The number of piperidine rings is 1. The van der Waals surface area contributed by atoms with Gasteiger partial charge < -0.3 is 9.64 Å². The summed E-state index contributed by atoms with van der Waals surface area (Å²) in [6.45, 7) is 1.71. The fourth-order valence-electron chi connectivity index (χ4n) is 3.63. The number of likely N-dealkylation sites (tertiary alicyclic amines) is 1. The van der Waals surface area contributed by atoms with E-state index in [0.717, 1.165) is 18.6 Å². The molecule has 1 unspecified atom stereocenters. The Hall–Kier alpha value is -3.75. The Morgan fingerprint density at radius 1 is 1.23 bits per heavy atom. The number of amides is 1. The second-order valence-corrected chi connectivity index (χ2v) is 7.18. The van der Waals surface area contributed by atoms with Gasteiger partial charge in [-0.25, -0.2) is 9.67 Å². The van der Waals surface area contributed by atoms with Gasteiger partial charge in [-0.2, -0.15) is 5.10 Å². The zero-order chi connectivity index (χ0) is 20.9. The van der Waals surface area contributed by atoms with Crippen molar-refractivity contribution in [2.24, 2.45) is 5.92 Å². The molecular weight excluding hydrogens is 386 g/mol. The van der Waals surface area contributed by atoms with Crippen molar-refractivity contribution in [2.45, 2.75) is 12.8 Å². The van der Waals surface area contributed by atoms with Crippen molar-refractivity contribution in [2.75, 3.05) is 19.7 Å². The van der Waals surface area contributed by atoms with Gasteiger partial charge in [0.1, 0.15) is 24.1 Å². The van der Waals surface area contributed by atoms with Crippen LogP contribution in [0.15, 0.2) is 61.2 Å². The van der Waals surface area contributed by atoms with E-state index in [1.54, 1.807) is 11.0 Å². The molecule has 0 radical (unpaired) electrons. The minimum Gasteiger partial charge on any atom is -0.493 e. The van der Waals surface area contributed by atoms with Gasteiger partial charge in [0.05, 0.1) is 11.5 Å². The van der Waals surface area contributed by atoms with Crippen molar-refractivity contribution in [3.05, 3.63) is 76.9 Å². The summed E-state index contributed by atoms with van der Waals surface area (Å²) >= 11 is 0. The van der Waals surface area contributed by atoms with E-state index in [1.807, 2.05) is 30.3 Å². The highest BCUT2D eigenvalue weighted by Gasteiger charge is 2.27. The van der Waals surface area contributed by atoms with Crippen LogP contribution in [0.2, 0.25) is 0 Å². The summed E-state index contributed by atoms with van der Waals surface area (Å²) in [5.41, 5.74) is 0.365. The van der Waals surface area contributed by atoms with Crippen LogP contribution < -0.4 is 4.74 Å². The summed E-state index contributed by atoms with van der Waals surface area (Å²) in [7, 11) is 0. The van der Waals surface area contributed by atoms with E-state index in [2.05, 4.69) is 10.1 Å². The first-order valence-electron chi connectivity index (χ1n) is 9.72. The molecule has 1 fully saturated rings. The molecule has 1 saturated heterocycles. The second kappa shape index (κ2) is 8.73. The molecule has 4 rings (SSSR count). The number of nitro benzene ring substituents is 1. The van der Waals surface area contributed by atoms with Gasteiger partial charge in [0.25, 0.3) is 11.6 Å². The molecule has 1 aliphatic rings. The maximum Gasteiger partial charge on any atom is 0.295 e. The molecule has 9 nitrogen and oxygen atoms in total. The molecule has 0 saturated carbocycles. The Morgan fingerprint density at radius 2 is 2.07 bits per heavy atom. The summed E-state index contributed by atoms with van der Waals surface area (Å²) in [5, 5.41) is 15.5. The topological polar surface area (TPSA) is 103 Å². The molecule has 2 heterocycles. The average Bonchev–Trinajstić information content (AvgIpc) is 3.32. The molecule has 0 spiro atoms. The molecule has 1 amide bonds. The zero-order valence-corrected chi connectivity index (χ0v) is 16.3. The van der Waals surface area contributed by atoms with E-state index in [4.69, 9.17) is 4.74 Å². The number of hydrogen-bond donors (Lipinski definition) is 0. The molecule has 1 atom stereocenters. The number of nitro groups is 1. The van der Waals surface area contributed by atoms with E-state index in [1.165, 1.54) is 29.5 Å². The number of benzene rings is 2. The minimum atomic E-state index is -0.513.